The van der Waals surface area contributed by atoms with Crippen LogP contribution in [0.25, 0.3) is 10.9 Å². The van der Waals surface area contributed by atoms with Crippen LogP contribution in [0.15, 0.2) is 53.3 Å². The average Bonchev–Trinajstić information content (AvgIpc) is 2.97. The summed E-state index contributed by atoms with van der Waals surface area (Å²) in [4.78, 5) is 32.2. The van der Waals surface area contributed by atoms with E-state index in [0.717, 1.165) is 69.5 Å². The number of piperazine rings is 1. The van der Waals surface area contributed by atoms with Crippen molar-refractivity contribution in [2.24, 2.45) is 16.2 Å². The van der Waals surface area contributed by atoms with Crippen LogP contribution in [-0.4, -0.2) is 54.7 Å². The summed E-state index contributed by atoms with van der Waals surface area (Å²) in [5.74, 6) is 0.499. The molecule has 2 aromatic carbocycles. The first-order valence-corrected chi connectivity index (χ1v) is 16.7. The summed E-state index contributed by atoms with van der Waals surface area (Å²) in [6.07, 6.45) is 3.64. The van der Waals surface area contributed by atoms with E-state index in [0.29, 0.717) is 27.9 Å². The van der Waals surface area contributed by atoms with Gasteiger partial charge in [0.2, 0.25) is 5.91 Å². The van der Waals surface area contributed by atoms with E-state index in [4.69, 9.17) is 27.9 Å². The third kappa shape index (κ3) is 7.63. The summed E-state index contributed by atoms with van der Waals surface area (Å²) < 4.78 is 7.51. The molecule has 1 saturated heterocycles. The molecule has 0 N–H and O–H groups in total. The lowest BCUT2D eigenvalue weighted by molar-refractivity contribution is 0.0226. The van der Waals surface area contributed by atoms with Gasteiger partial charge >= 0.3 is 0 Å². The van der Waals surface area contributed by atoms with E-state index in [2.05, 4.69) is 44.4 Å². The minimum atomic E-state index is -0.754. The Balaban J connectivity index is 1.37. The highest BCUT2D eigenvalue weighted by molar-refractivity contribution is 6.43. The monoisotopic (exact) mass is 641 g/mol. The van der Waals surface area contributed by atoms with Gasteiger partial charge in [-0.25, -0.2) is 4.57 Å². The molecular weight excluding hydrogens is 593 g/mol. The Morgan fingerprint density at radius 3 is 2.25 bits per heavy atom. The van der Waals surface area contributed by atoms with Crippen molar-refractivity contribution in [2.75, 3.05) is 44.2 Å². The van der Waals surface area contributed by atoms with Gasteiger partial charge in [0.05, 0.1) is 27.9 Å². The van der Waals surface area contributed by atoms with E-state index in [1.807, 2.05) is 50.2 Å². The fraction of sp³-hybridized carbons (Fsp3) is 0.556. The molecule has 4 rings (SSSR count). The third-order valence-electron chi connectivity index (χ3n) is 9.60. The minimum absolute atomic E-state index is 0.0483. The van der Waals surface area contributed by atoms with Crippen molar-refractivity contribution in [3.63, 3.8) is 0 Å². The van der Waals surface area contributed by atoms with Crippen molar-refractivity contribution >= 4 is 45.7 Å². The Morgan fingerprint density at radius 1 is 0.909 bits per heavy atom. The minimum Gasteiger partial charge on any atom is -0.494 e. The lowest BCUT2D eigenvalue weighted by Crippen LogP contribution is -2.48. The van der Waals surface area contributed by atoms with Crippen LogP contribution < -0.4 is 15.2 Å². The van der Waals surface area contributed by atoms with Gasteiger partial charge in [0.25, 0.3) is 5.56 Å². The highest BCUT2D eigenvalue weighted by atomic mass is 35.5. The predicted molar refractivity (Wildman–Crippen MR) is 185 cm³/mol. The number of aromatic nitrogens is 1. The molecule has 44 heavy (non-hydrogen) atoms. The Labute approximate surface area is 273 Å². The first kappa shape index (κ1) is 34.3. The number of halogens is 2. The standard InChI is InChI=1S/C36H49Cl2N3O3/c1-8-36(7,25-34(2,3)4)35(5,6)33(43)41-30-24-27(16-14-26(30)15-17-31(41)42)44-23-10-9-18-39-19-21-40(22-20-39)29-13-11-12-28(37)32(29)38/h11-17,24H,8-10,18-23,25H2,1-7H3. The lowest BCUT2D eigenvalue weighted by Gasteiger charge is -2.46. The maximum atomic E-state index is 14.2. The number of anilines is 1. The normalized spacial score (nSPS) is 16.2. The number of ether oxygens (including phenoxy) is 1. The Morgan fingerprint density at radius 2 is 1.59 bits per heavy atom. The van der Waals surface area contributed by atoms with Crippen LogP contribution in [0.2, 0.25) is 10.0 Å². The fourth-order valence-electron chi connectivity index (χ4n) is 6.58. The van der Waals surface area contributed by atoms with Crippen LogP contribution in [-0.2, 0) is 0 Å². The number of nitrogens with zero attached hydrogens (tertiary/aromatic N) is 3. The molecule has 2 heterocycles. The van der Waals surface area contributed by atoms with Crippen LogP contribution in [0.4, 0.5) is 5.69 Å². The zero-order valence-corrected chi connectivity index (χ0v) is 29.0. The summed E-state index contributed by atoms with van der Waals surface area (Å²) in [6, 6.07) is 14.8. The average molecular weight is 643 g/mol. The van der Waals surface area contributed by atoms with Gasteiger partial charge in [0.1, 0.15) is 5.75 Å². The number of pyridine rings is 1. The van der Waals surface area contributed by atoms with E-state index in [1.165, 1.54) is 10.6 Å². The van der Waals surface area contributed by atoms with Crippen molar-refractivity contribution in [1.82, 2.24) is 9.47 Å². The molecule has 1 fully saturated rings. The van der Waals surface area contributed by atoms with Crippen LogP contribution in [0.3, 0.4) is 0 Å². The highest BCUT2D eigenvalue weighted by Gasteiger charge is 2.48. The first-order chi connectivity index (χ1) is 20.7. The molecule has 0 saturated carbocycles. The summed E-state index contributed by atoms with van der Waals surface area (Å²) >= 11 is 12.6. The maximum Gasteiger partial charge on any atom is 0.257 e. The van der Waals surface area contributed by atoms with Crippen LogP contribution in [0.5, 0.6) is 5.75 Å². The van der Waals surface area contributed by atoms with Gasteiger partial charge in [-0.3, -0.25) is 14.5 Å². The molecule has 1 atom stereocenters. The molecule has 1 aliphatic rings. The highest BCUT2D eigenvalue weighted by Crippen LogP contribution is 2.50. The van der Waals surface area contributed by atoms with Crippen molar-refractivity contribution in [1.29, 1.82) is 0 Å². The van der Waals surface area contributed by atoms with Crippen molar-refractivity contribution in [2.45, 2.75) is 74.1 Å². The Kier molecular flexibility index (Phi) is 10.8. The third-order valence-corrected chi connectivity index (χ3v) is 10.4. The topological polar surface area (TPSA) is 54.8 Å². The molecule has 240 valence electrons. The molecule has 0 radical (unpaired) electrons. The number of carbonyl (C=O) groups is 1. The lowest BCUT2D eigenvalue weighted by atomic mass is 9.58. The van der Waals surface area contributed by atoms with Crippen molar-refractivity contribution in [3.05, 3.63) is 68.9 Å². The summed E-state index contributed by atoms with van der Waals surface area (Å²) in [5, 5.41) is 2.05. The number of unbranched alkanes of at least 4 members (excludes halogenated alkanes) is 1. The second-order valence-corrected chi connectivity index (χ2v) is 15.1. The number of fused-ring (bicyclic) bond motifs is 1. The van der Waals surface area contributed by atoms with E-state index in [9.17, 15) is 9.59 Å². The number of hydrogen-bond donors (Lipinski definition) is 0. The molecule has 1 aromatic heterocycles. The van der Waals surface area contributed by atoms with Gasteiger partial charge in [0.15, 0.2) is 0 Å². The number of carbonyl (C=O) groups excluding carboxylic acids is 1. The Hall–Kier alpha value is -2.54. The van der Waals surface area contributed by atoms with E-state index in [1.54, 1.807) is 6.07 Å². The SMILES string of the molecule is CCC(C)(CC(C)(C)C)C(C)(C)C(=O)n1c(=O)ccc2ccc(OCCCCN3CCN(c4cccc(Cl)c4Cl)CC3)cc21. The predicted octanol–water partition coefficient (Wildman–Crippen LogP) is 8.81. The molecule has 3 aromatic rings. The molecular formula is C36H49Cl2N3O3. The summed E-state index contributed by atoms with van der Waals surface area (Å²) in [5.41, 5.74) is 0.303. The fourth-order valence-corrected chi connectivity index (χ4v) is 7.00. The van der Waals surface area contributed by atoms with Crippen LogP contribution >= 0.6 is 23.2 Å². The number of rotatable bonds is 11. The summed E-state index contributed by atoms with van der Waals surface area (Å²) in [6.45, 7) is 20.3. The van der Waals surface area contributed by atoms with Gasteiger partial charge in [0, 0.05) is 43.7 Å². The molecule has 0 amide bonds. The molecule has 8 heteroatoms. The van der Waals surface area contributed by atoms with Gasteiger partial charge in [-0.05, 0) is 78.8 Å². The largest absolute Gasteiger partial charge is 0.494 e. The number of benzene rings is 2. The molecule has 1 unspecified atom stereocenters. The quantitative estimate of drug-likeness (QED) is 0.196. The van der Waals surface area contributed by atoms with E-state index in [-0.39, 0.29) is 22.3 Å². The zero-order chi connectivity index (χ0) is 32.3. The van der Waals surface area contributed by atoms with Crippen molar-refractivity contribution < 1.29 is 9.53 Å². The molecule has 0 aliphatic carbocycles. The molecule has 0 spiro atoms. The van der Waals surface area contributed by atoms with E-state index < -0.39 is 5.41 Å². The smallest absolute Gasteiger partial charge is 0.257 e. The van der Waals surface area contributed by atoms with Gasteiger partial charge < -0.3 is 9.64 Å². The van der Waals surface area contributed by atoms with Crippen LogP contribution in [0, 0.1) is 16.2 Å². The first-order valence-electron chi connectivity index (χ1n) is 15.9. The molecule has 6 nitrogen and oxygen atoms in total. The number of hydrogen-bond acceptors (Lipinski definition) is 5. The van der Waals surface area contributed by atoms with Gasteiger partial charge in [-0.1, -0.05) is 77.7 Å². The molecule has 1 aliphatic heterocycles. The maximum absolute atomic E-state index is 14.2. The van der Waals surface area contributed by atoms with Gasteiger partial charge in [-0.15, -0.1) is 0 Å². The van der Waals surface area contributed by atoms with E-state index >= 15 is 0 Å². The van der Waals surface area contributed by atoms with Crippen LogP contribution in [0.1, 0.15) is 78.9 Å². The summed E-state index contributed by atoms with van der Waals surface area (Å²) in [7, 11) is 0. The second kappa shape index (κ2) is 13.8. The van der Waals surface area contributed by atoms with Gasteiger partial charge in [-0.2, -0.15) is 0 Å². The molecule has 0 bridgehead atoms. The Bertz CT molecular complexity index is 1520. The zero-order valence-electron chi connectivity index (χ0n) is 27.5. The van der Waals surface area contributed by atoms with Crippen molar-refractivity contribution in [3.8, 4) is 5.75 Å². The second-order valence-electron chi connectivity index (χ2n) is 14.3.